The average Bonchev–Trinajstić information content (AvgIpc) is 3.51. The lowest BCUT2D eigenvalue weighted by molar-refractivity contribution is -0.387. The second kappa shape index (κ2) is 9.69. The first kappa shape index (κ1) is 26.7. The number of halogens is 1. The smallest absolute Gasteiger partial charge is 0.334 e. The molecule has 7 rings (SSSR count). The first-order valence-corrected chi connectivity index (χ1v) is 13.8. The number of aromatic nitrogens is 1. The fourth-order valence-corrected chi connectivity index (χ4v) is 7.12. The number of benzene rings is 3. The number of amides is 1. The van der Waals surface area contributed by atoms with Crippen molar-refractivity contribution in [2.45, 2.75) is 38.2 Å². The van der Waals surface area contributed by atoms with Gasteiger partial charge in [0.2, 0.25) is 5.76 Å². The summed E-state index contributed by atoms with van der Waals surface area (Å²) in [4.78, 5) is 40.8. The van der Waals surface area contributed by atoms with Gasteiger partial charge in [0.05, 0.1) is 39.1 Å². The van der Waals surface area contributed by atoms with Crippen LogP contribution in [0.15, 0.2) is 88.5 Å². The summed E-state index contributed by atoms with van der Waals surface area (Å²) >= 11 is 0. The van der Waals surface area contributed by atoms with Crippen molar-refractivity contribution < 1.29 is 28.2 Å². The number of nitrogens with zero attached hydrogens (tertiary/aromatic N) is 4. The molecule has 10 nitrogen and oxygen atoms in total. The molecule has 0 bridgehead atoms. The third kappa shape index (κ3) is 3.84. The van der Waals surface area contributed by atoms with Crippen LogP contribution in [-0.2, 0) is 4.79 Å². The van der Waals surface area contributed by atoms with Crippen LogP contribution in [0.2, 0.25) is 0 Å². The molecule has 0 saturated heterocycles. The summed E-state index contributed by atoms with van der Waals surface area (Å²) in [6, 6.07) is 21.8. The summed E-state index contributed by atoms with van der Waals surface area (Å²) in [5.41, 5.74) is 0.000114. The number of Topliss-reactive ketones (excluding diaryl/α,β-unsaturated/α-hetero) is 1. The predicted molar refractivity (Wildman–Crippen MR) is 153 cm³/mol. The van der Waals surface area contributed by atoms with Crippen LogP contribution in [-0.4, -0.2) is 33.6 Å². The van der Waals surface area contributed by atoms with Gasteiger partial charge < -0.3 is 9.26 Å². The van der Waals surface area contributed by atoms with Crippen molar-refractivity contribution in [2.24, 2.45) is 16.4 Å². The molecule has 3 aromatic carbocycles. The number of fused-ring (bicyclic) bond motifs is 2. The van der Waals surface area contributed by atoms with E-state index in [4.69, 9.17) is 14.4 Å². The monoisotopic (exact) mass is 580 g/mol. The van der Waals surface area contributed by atoms with Crippen molar-refractivity contribution in [2.75, 3.05) is 5.01 Å². The molecule has 0 unspecified atom stereocenters. The molecule has 0 N–H and O–H groups in total. The van der Waals surface area contributed by atoms with E-state index in [0.717, 1.165) is 6.07 Å². The van der Waals surface area contributed by atoms with Gasteiger partial charge in [-0.2, -0.15) is 10.1 Å². The van der Waals surface area contributed by atoms with Crippen molar-refractivity contribution in [3.63, 3.8) is 0 Å². The molecule has 5 atom stereocenters. The minimum atomic E-state index is -1.43. The molecular formula is C32H25FN4O6. The van der Waals surface area contributed by atoms with Crippen LogP contribution in [0.1, 0.15) is 52.6 Å². The highest BCUT2D eigenvalue weighted by molar-refractivity contribution is 6.20. The van der Waals surface area contributed by atoms with Gasteiger partial charge in [0.15, 0.2) is 11.5 Å². The first-order chi connectivity index (χ1) is 20.7. The Morgan fingerprint density at radius 2 is 1.72 bits per heavy atom. The van der Waals surface area contributed by atoms with E-state index in [-0.39, 0.29) is 40.8 Å². The SMILES string of the molecule is CC1=NN(c2ccccc2)C(=O)[C@]12C[C@@H]1C(=O)c3cc(F)ccc3O[C@H]1[C@H](c1onc(C)c1[N+](=O)[O-])[C@H]2c1ccccc1. The molecule has 11 heteroatoms. The van der Waals surface area contributed by atoms with E-state index >= 15 is 0 Å². The molecule has 1 aromatic heterocycles. The van der Waals surface area contributed by atoms with E-state index in [1.54, 1.807) is 31.2 Å². The Hall–Kier alpha value is -5.19. The minimum absolute atomic E-state index is 0.0130. The van der Waals surface area contributed by atoms with Crippen LogP contribution in [0, 0.1) is 34.2 Å². The number of nitro groups is 1. The predicted octanol–water partition coefficient (Wildman–Crippen LogP) is 5.97. The number of ketones is 1. The van der Waals surface area contributed by atoms with Crippen LogP contribution in [0.4, 0.5) is 15.8 Å². The molecule has 1 aliphatic carbocycles. The number of anilines is 1. The van der Waals surface area contributed by atoms with Gasteiger partial charge in [-0.3, -0.25) is 19.7 Å². The van der Waals surface area contributed by atoms with E-state index in [1.807, 2.05) is 36.4 Å². The molecule has 1 fully saturated rings. The van der Waals surface area contributed by atoms with Crippen molar-refractivity contribution in [3.8, 4) is 5.75 Å². The normalized spacial score (nSPS) is 26.1. The van der Waals surface area contributed by atoms with Crippen molar-refractivity contribution in [1.82, 2.24) is 5.16 Å². The summed E-state index contributed by atoms with van der Waals surface area (Å²) in [5, 5.41) is 22.4. The summed E-state index contributed by atoms with van der Waals surface area (Å²) < 4.78 is 26.5. The van der Waals surface area contributed by atoms with Gasteiger partial charge in [-0.1, -0.05) is 53.7 Å². The van der Waals surface area contributed by atoms with Gasteiger partial charge in [-0.15, -0.1) is 0 Å². The van der Waals surface area contributed by atoms with Crippen LogP contribution < -0.4 is 9.75 Å². The number of ether oxygens (including phenoxy) is 1. The summed E-state index contributed by atoms with van der Waals surface area (Å²) in [6.07, 6.45) is -1.00. The maximum Gasteiger partial charge on any atom is 0.334 e. The van der Waals surface area contributed by atoms with Gasteiger partial charge >= 0.3 is 5.69 Å². The van der Waals surface area contributed by atoms with Crippen LogP contribution in [0.5, 0.6) is 5.75 Å². The molecule has 2 aliphatic heterocycles. The van der Waals surface area contributed by atoms with Gasteiger partial charge in [-0.05, 0) is 56.2 Å². The van der Waals surface area contributed by atoms with Crippen LogP contribution in [0.3, 0.4) is 0 Å². The number of rotatable bonds is 4. The Kier molecular flexibility index (Phi) is 6.01. The summed E-state index contributed by atoms with van der Waals surface area (Å²) in [6.45, 7) is 3.20. The molecule has 1 amide bonds. The number of aryl methyl sites for hydroxylation is 1. The largest absolute Gasteiger partial charge is 0.488 e. The fraction of sp³-hybridized carbons (Fsp3) is 0.250. The molecule has 0 radical (unpaired) electrons. The van der Waals surface area contributed by atoms with Gasteiger partial charge in [0, 0.05) is 5.92 Å². The topological polar surface area (TPSA) is 128 Å². The maximum atomic E-state index is 14.8. The maximum absolute atomic E-state index is 14.8. The number of hydrogen-bond donors (Lipinski definition) is 0. The van der Waals surface area contributed by atoms with Crippen molar-refractivity contribution >= 4 is 28.8 Å². The second-order valence-electron chi connectivity index (χ2n) is 11.2. The van der Waals surface area contributed by atoms with Crippen LogP contribution in [0.25, 0.3) is 0 Å². The van der Waals surface area contributed by atoms with E-state index in [2.05, 4.69) is 5.16 Å². The van der Waals surface area contributed by atoms with Gasteiger partial charge in [0.25, 0.3) is 5.91 Å². The number of carbonyl (C=O) groups is 2. The highest BCUT2D eigenvalue weighted by atomic mass is 19.1. The zero-order valence-electron chi connectivity index (χ0n) is 23.1. The number of hydrazone groups is 1. The van der Waals surface area contributed by atoms with E-state index in [9.17, 15) is 24.1 Å². The van der Waals surface area contributed by atoms with Crippen molar-refractivity contribution in [1.29, 1.82) is 0 Å². The number of carbonyl (C=O) groups excluding carboxylic acids is 2. The second-order valence-corrected chi connectivity index (χ2v) is 11.2. The van der Waals surface area contributed by atoms with E-state index in [0.29, 0.717) is 17.0 Å². The molecule has 1 saturated carbocycles. The molecule has 4 aromatic rings. The van der Waals surface area contributed by atoms with E-state index in [1.165, 1.54) is 24.1 Å². The minimum Gasteiger partial charge on any atom is -0.488 e. The quantitative estimate of drug-likeness (QED) is 0.215. The Labute approximate surface area is 244 Å². The lowest BCUT2D eigenvalue weighted by Gasteiger charge is -2.51. The zero-order chi connectivity index (χ0) is 30.0. The lowest BCUT2D eigenvalue weighted by atomic mass is 9.52. The molecule has 1 spiro atoms. The number of para-hydroxylation sites is 1. The molecule has 216 valence electrons. The Morgan fingerprint density at radius 3 is 2.42 bits per heavy atom. The zero-order valence-corrected chi connectivity index (χ0v) is 23.1. The lowest BCUT2D eigenvalue weighted by Crippen LogP contribution is -2.58. The standard InChI is InChI=1S/C32H25FN4O6/c1-17-27(37(40)41)30(43-35-17)25-26(19-9-5-3-6-10-19)32(18(2)34-36(31(32)39)21-11-7-4-8-12-21)16-23-28(38)22-15-20(33)13-14-24(22)42-29(23)25/h3-15,23,25-26,29H,16H2,1-2H3/t23-,25-,26-,29-,32-/m1/s1. The summed E-state index contributed by atoms with van der Waals surface area (Å²) in [5.74, 6) is -4.14. The first-order valence-electron chi connectivity index (χ1n) is 13.8. The van der Waals surface area contributed by atoms with Crippen molar-refractivity contribution in [3.05, 3.63) is 117 Å². The molecule has 3 aliphatic rings. The third-order valence-corrected chi connectivity index (χ3v) is 8.96. The molecule has 43 heavy (non-hydrogen) atoms. The third-order valence-electron chi connectivity index (χ3n) is 8.96. The van der Waals surface area contributed by atoms with Crippen LogP contribution >= 0.6 is 0 Å². The highest BCUT2D eigenvalue weighted by Gasteiger charge is 2.67. The molecule has 3 heterocycles. The average molecular weight is 581 g/mol. The molecular weight excluding hydrogens is 555 g/mol. The summed E-state index contributed by atoms with van der Waals surface area (Å²) in [7, 11) is 0. The van der Waals surface area contributed by atoms with E-state index < -0.39 is 45.8 Å². The Bertz CT molecular complexity index is 1820. The Balaban J connectivity index is 1.51. The van der Waals surface area contributed by atoms with Gasteiger partial charge in [0.1, 0.15) is 17.7 Å². The fourth-order valence-electron chi connectivity index (χ4n) is 7.12. The van der Waals surface area contributed by atoms with Gasteiger partial charge in [-0.25, -0.2) is 4.39 Å². The highest BCUT2D eigenvalue weighted by Crippen LogP contribution is 2.62. The number of hydrogen-bond acceptors (Lipinski definition) is 8. The Morgan fingerprint density at radius 1 is 1.02 bits per heavy atom.